The minimum absolute atomic E-state index is 0.368. The van der Waals surface area contributed by atoms with Crippen LogP contribution in [-0.2, 0) is 11.3 Å². The van der Waals surface area contributed by atoms with Crippen LogP contribution in [0.3, 0.4) is 0 Å². The van der Waals surface area contributed by atoms with Crippen molar-refractivity contribution >= 4 is 5.69 Å². The van der Waals surface area contributed by atoms with Crippen LogP contribution in [-0.4, -0.2) is 44.6 Å². The number of hydrogen-bond donors (Lipinski definition) is 2. The highest BCUT2D eigenvalue weighted by molar-refractivity contribution is 5.53. The Labute approximate surface area is 115 Å². The van der Waals surface area contributed by atoms with E-state index in [9.17, 15) is 5.11 Å². The van der Waals surface area contributed by atoms with Gasteiger partial charge in [0.2, 0.25) is 0 Å². The zero-order valence-corrected chi connectivity index (χ0v) is 11.8. The molecule has 0 spiro atoms. The Morgan fingerprint density at radius 2 is 2.16 bits per heavy atom. The Morgan fingerprint density at radius 1 is 1.42 bits per heavy atom. The molecule has 1 aromatic rings. The fraction of sp³-hybridized carbons (Fsp3) is 0.600. The maximum Gasteiger partial charge on any atom is 0.0947 e. The van der Waals surface area contributed by atoms with Crippen molar-refractivity contribution in [3.8, 4) is 0 Å². The van der Waals surface area contributed by atoms with Crippen LogP contribution in [0.4, 0.5) is 5.69 Å². The van der Waals surface area contributed by atoms with E-state index in [4.69, 9.17) is 4.74 Å². The molecule has 1 aliphatic carbocycles. The van der Waals surface area contributed by atoms with Crippen molar-refractivity contribution in [3.05, 3.63) is 29.8 Å². The van der Waals surface area contributed by atoms with Gasteiger partial charge in [0, 0.05) is 39.0 Å². The quantitative estimate of drug-likeness (QED) is 0.744. The molecule has 1 aromatic carbocycles. The van der Waals surface area contributed by atoms with Crippen LogP contribution < -0.4 is 10.2 Å². The fourth-order valence-corrected chi connectivity index (χ4v) is 2.23. The standard InChI is InChI=1S/C15H24N2O2/c1-17(10-14(18)11-19-2)15-6-4-3-5-12(15)9-16-13-7-8-13/h3-6,13-14,16,18H,7-11H2,1-2H3. The third kappa shape index (κ3) is 4.49. The Bertz CT molecular complexity index is 393. The van der Waals surface area contributed by atoms with E-state index in [2.05, 4.69) is 28.4 Å². The first kappa shape index (κ1) is 14.3. The monoisotopic (exact) mass is 264 g/mol. The molecule has 19 heavy (non-hydrogen) atoms. The molecule has 0 bridgehead atoms. The lowest BCUT2D eigenvalue weighted by atomic mass is 10.1. The third-order valence-electron chi connectivity index (χ3n) is 3.41. The molecule has 1 atom stereocenters. The van der Waals surface area contributed by atoms with Crippen LogP contribution in [0.1, 0.15) is 18.4 Å². The number of benzene rings is 1. The number of aliphatic hydroxyl groups excluding tert-OH is 1. The Kier molecular flexibility index (Phi) is 5.19. The summed E-state index contributed by atoms with van der Waals surface area (Å²) in [5.74, 6) is 0. The second-order valence-corrected chi connectivity index (χ2v) is 5.27. The molecule has 1 saturated carbocycles. The zero-order valence-electron chi connectivity index (χ0n) is 11.8. The highest BCUT2D eigenvalue weighted by Crippen LogP contribution is 2.23. The molecule has 0 amide bonds. The van der Waals surface area contributed by atoms with Crippen LogP contribution >= 0.6 is 0 Å². The summed E-state index contributed by atoms with van der Waals surface area (Å²) in [5.41, 5.74) is 2.45. The molecule has 0 aromatic heterocycles. The van der Waals surface area contributed by atoms with E-state index in [-0.39, 0.29) is 0 Å². The molecule has 1 aliphatic rings. The van der Waals surface area contributed by atoms with Crippen molar-refractivity contribution in [2.75, 3.05) is 32.2 Å². The Morgan fingerprint density at radius 3 is 2.84 bits per heavy atom. The first-order valence-electron chi connectivity index (χ1n) is 6.90. The molecule has 0 heterocycles. The van der Waals surface area contributed by atoms with Gasteiger partial charge in [0.05, 0.1) is 12.7 Å². The second-order valence-electron chi connectivity index (χ2n) is 5.27. The molecule has 106 valence electrons. The lowest BCUT2D eigenvalue weighted by Gasteiger charge is -2.25. The van der Waals surface area contributed by atoms with Crippen molar-refractivity contribution in [3.63, 3.8) is 0 Å². The average molecular weight is 264 g/mol. The smallest absolute Gasteiger partial charge is 0.0947 e. The van der Waals surface area contributed by atoms with E-state index in [1.165, 1.54) is 24.1 Å². The number of para-hydroxylation sites is 1. The van der Waals surface area contributed by atoms with E-state index in [0.29, 0.717) is 19.2 Å². The van der Waals surface area contributed by atoms with Crippen LogP contribution in [0, 0.1) is 0 Å². The predicted molar refractivity (Wildman–Crippen MR) is 77.5 cm³/mol. The van der Waals surface area contributed by atoms with Crippen LogP contribution in [0.2, 0.25) is 0 Å². The maximum atomic E-state index is 9.82. The van der Waals surface area contributed by atoms with Crippen molar-refractivity contribution in [1.29, 1.82) is 0 Å². The van der Waals surface area contributed by atoms with Crippen LogP contribution in [0.5, 0.6) is 0 Å². The Balaban J connectivity index is 1.96. The van der Waals surface area contributed by atoms with Gasteiger partial charge in [0.25, 0.3) is 0 Å². The van der Waals surface area contributed by atoms with Gasteiger partial charge < -0.3 is 20.1 Å². The number of aliphatic hydroxyl groups is 1. The molecule has 1 unspecified atom stereocenters. The first-order valence-corrected chi connectivity index (χ1v) is 6.90. The van der Waals surface area contributed by atoms with Gasteiger partial charge in [0.15, 0.2) is 0 Å². The van der Waals surface area contributed by atoms with E-state index < -0.39 is 6.10 Å². The van der Waals surface area contributed by atoms with Crippen molar-refractivity contribution in [2.45, 2.75) is 31.5 Å². The lowest BCUT2D eigenvalue weighted by molar-refractivity contribution is 0.0695. The number of nitrogens with zero attached hydrogens (tertiary/aromatic N) is 1. The summed E-state index contributed by atoms with van der Waals surface area (Å²) in [6.45, 7) is 1.84. The Hall–Kier alpha value is -1.10. The number of likely N-dealkylation sites (N-methyl/N-ethyl adjacent to an activating group) is 1. The molecular weight excluding hydrogens is 240 g/mol. The molecule has 2 N–H and O–H groups in total. The van der Waals surface area contributed by atoms with Crippen LogP contribution in [0.15, 0.2) is 24.3 Å². The largest absolute Gasteiger partial charge is 0.389 e. The molecule has 0 saturated heterocycles. The number of anilines is 1. The fourth-order valence-electron chi connectivity index (χ4n) is 2.23. The summed E-state index contributed by atoms with van der Waals surface area (Å²) >= 11 is 0. The highest BCUT2D eigenvalue weighted by atomic mass is 16.5. The molecule has 0 aliphatic heterocycles. The van der Waals surface area contributed by atoms with E-state index in [1.807, 2.05) is 13.1 Å². The first-order chi connectivity index (χ1) is 9.20. The normalized spacial score (nSPS) is 16.4. The molecular formula is C15H24N2O2. The SMILES string of the molecule is COCC(O)CN(C)c1ccccc1CNC1CC1. The van der Waals surface area contributed by atoms with Gasteiger partial charge in [0.1, 0.15) is 0 Å². The highest BCUT2D eigenvalue weighted by Gasteiger charge is 2.20. The van der Waals surface area contributed by atoms with E-state index in [1.54, 1.807) is 7.11 Å². The summed E-state index contributed by atoms with van der Waals surface area (Å²) in [6, 6.07) is 9.05. The second kappa shape index (κ2) is 6.89. The zero-order chi connectivity index (χ0) is 13.7. The van der Waals surface area contributed by atoms with E-state index in [0.717, 1.165) is 6.54 Å². The minimum atomic E-state index is -0.459. The van der Waals surface area contributed by atoms with Gasteiger partial charge in [-0.3, -0.25) is 0 Å². The number of nitrogens with one attached hydrogen (secondary N) is 1. The van der Waals surface area contributed by atoms with Gasteiger partial charge >= 0.3 is 0 Å². The van der Waals surface area contributed by atoms with Crippen molar-refractivity contribution < 1.29 is 9.84 Å². The summed E-state index contributed by atoms with van der Waals surface area (Å²) in [7, 11) is 3.62. The molecule has 1 fully saturated rings. The number of hydrogen-bond acceptors (Lipinski definition) is 4. The van der Waals surface area contributed by atoms with E-state index >= 15 is 0 Å². The minimum Gasteiger partial charge on any atom is -0.389 e. The van der Waals surface area contributed by atoms with Crippen molar-refractivity contribution in [1.82, 2.24) is 5.32 Å². The predicted octanol–water partition coefficient (Wildman–Crippen LogP) is 1.38. The summed E-state index contributed by atoms with van der Waals surface area (Å²) in [5, 5.41) is 13.4. The summed E-state index contributed by atoms with van der Waals surface area (Å²) in [6.07, 6.45) is 2.13. The number of ether oxygens (including phenoxy) is 1. The number of methoxy groups -OCH3 is 1. The average Bonchev–Trinajstić information content (AvgIpc) is 3.21. The van der Waals surface area contributed by atoms with Gasteiger partial charge in [-0.1, -0.05) is 18.2 Å². The van der Waals surface area contributed by atoms with Gasteiger partial charge in [-0.05, 0) is 24.5 Å². The molecule has 0 radical (unpaired) electrons. The summed E-state index contributed by atoms with van der Waals surface area (Å²) in [4.78, 5) is 2.09. The molecule has 4 nitrogen and oxygen atoms in total. The van der Waals surface area contributed by atoms with Gasteiger partial charge in [-0.15, -0.1) is 0 Å². The topological polar surface area (TPSA) is 44.7 Å². The van der Waals surface area contributed by atoms with Crippen molar-refractivity contribution in [2.24, 2.45) is 0 Å². The summed E-state index contributed by atoms with van der Waals surface area (Å²) < 4.78 is 4.97. The molecule has 4 heteroatoms. The number of rotatable bonds is 8. The molecule has 2 rings (SSSR count). The van der Waals surface area contributed by atoms with Gasteiger partial charge in [-0.25, -0.2) is 0 Å². The lowest BCUT2D eigenvalue weighted by Crippen LogP contribution is -2.32. The maximum absolute atomic E-state index is 9.82. The van der Waals surface area contributed by atoms with Crippen LogP contribution in [0.25, 0.3) is 0 Å². The third-order valence-corrected chi connectivity index (χ3v) is 3.41. The van der Waals surface area contributed by atoms with Gasteiger partial charge in [-0.2, -0.15) is 0 Å².